The van der Waals surface area contributed by atoms with Gasteiger partial charge in [-0.05, 0) is 24.8 Å². The fraction of sp³-hybridized carbons (Fsp3) is 0.833. The van der Waals surface area contributed by atoms with Gasteiger partial charge in [0.2, 0.25) is 5.91 Å². The Morgan fingerprint density at radius 3 is 2.67 bits per heavy atom. The second-order valence-electron chi connectivity index (χ2n) is 5.15. The Bertz CT molecular complexity index is 310. The van der Waals surface area contributed by atoms with E-state index < -0.39 is 12.0 Å². The van der Waals surface area contributed by atoms with Crippen LogP contribution < -0.4 is 5.73 Å². The molecule has 0 aromatic heterocycles. The Balaban J connectivity index is 2.55. The van der Waals surface area contributed by atoms with Crippen LogP contribution in [-0.2, 0) is 9.59 Å². The van der Waals surface area contributed by atoms with E-state index in [0.29, 0.717) is 30.5 Å². The predicted octanol–water partition coefficient (Wildman–Crippen LogP) is 0.984. The van der Waals surface area contributed by atoms with E-state index in [9.17, 15) is 9.59 Å². The first kappa shape index (κ1) is 15.3. The normalized spacial score (nSPS) is 21.3. The molecule has 0 unspecified atom stereocenters. The van der Waals surface area contributed by atoms with Crippen LogP contribution in [0.2, 0.25) is 0 Å². The van der Waals surface area contributed by atoms with E-state index >= 15 is 0 Å². The Kier molecular flexibility index (Phi) is 5.95. The number of nitrogens with zero attached hydrogens (tertiary/aromatic N) is 1. The average molecular weight is 274 g/mol. The Morgan fingerprint density at radius 2 is 2.17 bits per heavy atom. The molecule has 5 nitrogen and oxygen atoms in total. The number of hydrogen-bond acceptors (Lipinski definition) is 4. The van der Waals surface area contributed by atoms with E-state index in [2.05, 4.69) is 13.8 Å². The summed E-state index contributed by atoms with van der Waals surface area (Å²) in [7, 11) is 0. The number of aliphatic carboxylic acids is 1. The van der Waals surface area contributed by atoms with E-state index in [0.717, 1.165) is 6.42 Å². The van der Waals surface area contributed by atoms with Crippen molar-refractivity contribution in [2.45, 2.75) is 32.7 Å². The number of carbonyl (C=O) groups excluding carboxylic acids is 1. The average Bonchev–Trinajstić information content (AvgIpc) is 2.76. The summed E-state index contributed by atoms with van der Waals surface area (Å²) in [6.45, 7) is 4.67. The predicted molar refractivity (Wildman–Crippen MR) is 72.2 cm³/mol. The minimum atomic E-state index is -0.915. The van der Waals surface area contributed by atoms with Crippen molar-refractivity contribution >= 4 is 23.6 Å². The van der Waals surface area contributed by atoms with Gasteiger partial charge in [0.25, 0.3) is 0 Å². The maximum absolute atomic E-state index is 12.1. The summed E-state index contributed by atoms with van der Waals surface area (Å²) in [6, 6.07) is -0.667. The van der Waals surface area contributed by atoms with Gasteiger partial charge in [-0.2, -0.15) is 0 Å². The minimum Gasteiger partial charge on any atom is -0.480 e. The molecule has 1 heterocycles. The van der Waals surface area contributed by atoms with Crippen molar-refractivity contribution in [1.82, 2.24) is 4.90 Å². The van der Waals surface area contributed by atoms with Crippen LogP contribution >= 0.6 is 11.8 Å². The van der Waals surface area contributed by atoms with Gasteiger partial charge < -0.3 is 15.7 Å². The zero-order valence-corrected chi connectivity index (χ0v) is 11.8. The van der Waals surface area contributed by atoms with Crippen LogP contribution in [0, 0.1) is 11.8 Å². The van der Waals surface area contributed by atoms with Gasteiger partial charge in [-0.15, -0.1) is 11.8 Å². The summed E-state index contributed by atoms with van der Waals surface area (Å²) < 4.78 is 0. The molecule has 0 spiro atoms. The number of rotatable bonds is 6. The first-order valence-corrected chi connectivity index (χ1v) is 7.41. The third kappa shape index (κ3) is 4.17. The molecule has 1 aliphatic heterocycles. The highest BCUT2D eigenvalue weighted by atomic mass is 32.2. The molecule has 0 bridgehead atoms. The van der Waals surface area contributed by atoms with Crippen molar-refractivity contribution in [2.75, 3.05) is 18.2 Å². The molecule has 1 fully saturated rings. The van der Waals surface area contributed by atoms with E-state index in [1.54, 1.807) is 0 Å². The molecule has 6 heteroatoms. The first-order chi connectivity index (χ1) is 8.45. The van der Waals surface area contributed by atoms with Gasteiger partial charge in [0.05, 0.1) is 5.88 Å². The number of hydrogen-bond donors (Lipinski definition) is 2. The number of nitrogens with two attached hydrogens (primary N) is 1. The molecule has 0 aliphatic carbocycles. The second-order valence-corrected chi connectivity index (χ2v) is 6.15. The monoisotopic (exact) mass is 274 g/mol. The van der Waals surface area contributed by atoms with Gasteiger partial charge in [-0.25, -0.2) is 4.79 Å². The fourth-order valence-corrected chi connectivity index (χ4v) is 3.36. The van der Waals surface area contributed by atoms with E-state index in [4.69, 9.17) is 10.8 Å². The lowest BCUT2D eigenvalue weighted by Gasteiger charge is -2.24. The van der Waals surface area contributed by atoms with Crippen molar-refractivity contribution in [3.63, 3.8) is 0 Å². The SMILES string of the molecule is CC(C)C[C@H](CN)CC(=O)N1CSC[C@H]1C(=O)O. The van der Waals surface area contributed by atoms with Gasteiger partial charge in [-0.3, -0.25) is 4.79 Å². The van der Waals surface area contributed by atoms with Gasteiger partial charge >= 0.3 is 5.97 Å². The minimum absolute atomic E-state index is 0.0801. The van der Waals surface area contributed by atoms with Crippen LogP contribution in [0.4, 0.5) is 0 Å². The lowest BCUT2D eigenvalue weighted by Crippen LogP contribution is -2.42. The van der Waals surface area contributed by atoms with E-state index in [1.807, 2.05) is 0 Å². The van der Waals surface area contributed by atoms with Crippen LogP contribution in [-0.4, -0.2) is 46.1 Å². The summed E-state index contributed by atoms with van der Waals surface area (Å²) in [5.41, 5.74) is 5.67. The van der Waals surface area contributed by atoms with Crippen LogP contribution in [0.25, 0.3) is 0 Å². The maximum Gasteiger partial charge on any atom is 0.327 e. The fourth-order valence-electron chi connectivity index (χ4n) is 2.19. The molecule has 3 N–H and O–H groups in total. The molecular weight excluding hydrogens is 252 g/mol. The van der Waals surface area contributed by atoms with E-state index in [1.165, 1.54) is 16.7 Å². The van der Waals surface area contributed by atoms with Gasteiger partial charge in [0, 0.05) is 12.2 Å². The lowest BCUT2D eigenvalue weighted by atomic mass is 9.93. The molecule has 0 aromatic rings. The molecule has 0 radical (unpaired) electrons. The smallest absolute Gasteiger partial charge is 0.327 e. The summed E-state index contributed by atoms with van der Waals surface area (Å²) in [6.07, 6.45) is 1.26. The first-order valence-electron chi connectivity index (χ1n) is 6.25. The Labute approximate surface area is 112 Å². The topological polar surface area (TPSA) is 83.6 Å². The number of carbonyl (C=O) groups is 2. The van der Waals surface area contributed by atoms with Gasteiger partial charge in [0.1, 0.15) is 6.04 Å². The van der Waals surface area contributed by atoms with Crippen molar-refractivity contribution in [3.05, 3.63) is 0 Å². The standard InChI is InChI=1S/C12H22N2O3S/c1-8(2)3-9(5-13)4-11(15)14-7-18-6-10(14)12(16)17/h8-10H,3-7,13H2,1-2H3,(H,16,17)/t9-,10-/m0/s1. The molecule has 1 saturated heterocycles. The molecule has 1 amide bonds. The van der Waals surface area contributed by atoms with E-state index in [-0.39, 0.29) is 11.8 Å². The summed E-state index contributed by atoms with van der Waals surface area (Å²) in [5, 5.41) is 9.04. The molecular formula is C12H22N2O3S. The Hall–Kier alpha value is -0.750. The quantitative estimate of drug-likeness (QED) is 0.754. The van der Waals surface area contributed by atoms with Crippen LogP contribution in [0.5, 0.6) is 0 Å². The van der Waals surface area contributed by atoms with Crippen LogP contribution in [0.15, 0.2) is 0 Å². The highest BCUT2D eigenvalue weighted by Gasteiger charge is 2.34. The highest BCUT2D eigenvalue weighted by molar-refractivity contribution is 7.99. The molecule has 18 heavy (non-hydrogen) atoms. The zero-order chi connectivity index (χ0) is 13.7. The number of carboxylic acids is 1. The molecule has 0 saturated carbocycles. The maximum atomic E-state index is 12.1. The third-order valence-electron chi connectivity index (χ3n) is 3.09. The third-order valence-corrected chi connectivity index (χ3v) is 4.10. The lowest BCUT2D eigenvalue weighted by molar-refractivity contribution is -0.148. The van der Waals surface area contributed by atoms with Crippen LogP contribution in [0.3, 0.4) is 0 Å². The number of carboxylic acid groups (broad SMARTS) is 1. The molecule has 104 valence electrons. The molecule has 0 aromatic carbocycles. The molecule has 2 atom stereocenters. The summed E-state index contributed by atoms with van der Waals surface area (Å²) >= 11 is 1.49. The van der Waals surface area contributed by atoms with Crippen LogP contribution in [0.1, 0.15) is 26.7 Å². The van der Waals surface area contributed by atoms with Gasteiger partial charge in [0.15, 0.2) is 0 Å². The van der Waals surface area contributed by atoms with Crippen molar-refractivity contribution in [1.29, 1.82) is 0 Å². The Morgan fingerprint density at radius 1 is 1.50 bits per heavy atom. The molecule has 1 rings (SSSR count). The number of amides is 1. The van der Waals surface area contributed by atoms with Crippen molar-refractivity contribution < 1.29 is 14.7 Å². The summed E-state index contributed by atoms with van der Waals surface area (Å²) in [4.78, 5) is 24.6. The highest BCUT2D eigenvalue weighted by Crippen LogP contribution is 2.24. The number of thioether (sulfide) groups is 1. The second kappa shape index (κ2) is 6.99. The van der Waals surface area contributed by atoms with Crippen molar-refractivity contribution in [2.24, 2.45) is 17.6 Å². The van der Waals surface area contributed by atoms with Crippen molar-refractivity contribution in [3.8, 4) is 0 Å². The largest absolute Gasteiger partial charge is 0.480 e. The van der Waals surface area contributed by atoms with Gasteiger partial charge in [-0.1, -0.05) is 13.8 Å². The molecule has 1 aliphatic rings. The summed E-state index contributed by atoms with van der Waals surface area (Å²) in [5.74, 6) is 0.616. The zero-order valence-electron chi connectivity index (χ0n) is 11.0.